The molecule has 6 nitrogen and oxygen atoms in total. The average molecular weight is 352 g/mol. The highest BCUT2D eigenvalue weighted by Crippen LogP contribution is 2.33. The number of benzene rings is 1. The monoisotopic (exact) mass is 351 g/mol. The number of hydrogen-bond acceptors (Lipinski definition) is 4. The van der Waals surface area contributed by atoms with Gasteiger partial charge in [-0.3, -0.25) is 9.48 Å². The summed E-state index contributed by atoms with van der Waals surface area (Å²) in [5.41, 5.74) is 1.88. The molecule has 0 fully saturated rings. The third kappa shape index (κ3) is 2.61. The molecule has 1 aliphatic heterocycles. The number of amides is 1. The first-order valence-electron chi connectivity index (χ1n) is 6.46. The Kier molecular flexibility index (Phi) is 3.59. The van der Waals surface area contributed by atoms with Crippen LogP contribution in [0.4, 0.5) is 5.69 Å². The van der Waals surface area contributed by atoms with Gasteiger partial charge in [-0.05, 0) is 35.0 Å². The molecule has 1 amide bonds. The lowest BCUT2D eigenvalue weighted by atomic mass is 10.2. The van der Waals surface area contributed by atoms with E-state index in [2.05, 4.69) is 26.3 Å². The van der Waals surface area contributed by atoms with Crippen molar-refractivity contribution < 1.29 is 14.3 Å². The number of nitrogens with one attached hydrogen (secondary N) is 1. The van der Waals surface area contributed by atoms with Crippen molar-refractivity contribution in [3.8, 4) is 11.5 Å². The van der Waals surface area contributed by atoms with E-state index in [0.29, 0.717) is 40.6 Å². The maximum Gasteiger partial charge on any atom is 0.277 e. The van der Waals surface area contributed by atoms with E-state index < -0.39 is 0 Å². The third-order valence-electron chi connectivity index (χ3n) is 3.28. The van der Waals surface area contributed by atoms with E-state index in [-0.39, 0.29) is 5.91 Å². The lowest BCUT2D eigenvalue weighted by molar-refractivity contribution is 0.102. The standard InChI is InChI=1S/C14H14BrN3O3/c1-8-12(15)13(17-18(8)2)14(19)16-9-3-4-10-11(7-9)21-6-5-20-10/h3-4,7H,5-6H2,1-2H3,(H,16,19). The van der Waals surface area contributed by atoms with Crippen LogP contribution in [0.3, 0.4) is 0 Å². The molecule has 1 aliphatic rings. The number of anilines is 1. The highest BCUT2D eigenvalue weighted by Gasteiger charge is 2.19. The van der Waals surface area contributed by atoms with Gasteiger partial charge in [0.05, 0.1) is 10.2 Å². The summed E-state index contributed by atoms with van der Waals surface area (Å²) in [6.07, 6.45) is 0. The summed E-state index contributed by atoms with van der Waals surface area (Å²) in [6.45, 7) is 2.94. The number of aryl methyl sites for hydroxylation is 1. The van der Waals surface area contributed by atoms with E-state index >= 15 is 0 Å². The molecule has 2 heterocycles. The molecule has 0 saturated carbocycles. The Bertz CT molecular complexity index is 712. The number of rotatable bonds is 2. The number of fused-ring (bicyclic) bond motifs is 1. The Morgan fingerprint density at radius 3 is 2.71 bits per heavy atom. The van der Waals surface area contributed by atoms with Crippen molar-refractivity contribution in [2.75, 3.05) is 18.5 Å². The molecule has 0 spiro atoms. The van der Waals surface area contributed by atoms with Crippen molar-refractivity contribution >= 4 is 27.5 Å². The molecular formula is C14H14BrN3O3. The molecular weight excluding hydrogens is 338 g/mol. The number of ether oxygens (including phenoxy) is 2. The van der Waals surface area contributed by atoms with Crippen LogP contribution in [-0.2, 0) is 7.05 Å². The molecule has 21 heavy (non-hydrogen) atoms. The molecule has 0 saturated heterocycles. The van der Waals surface area contributed by atoms with Gasteiger partial charge >= 0.3 is 0 Å². The van der Waals surface area contributed by atoms with Gasteiger partial charge in [-0.2, -0.15) is 5.10 Å². The number of halogens is 1. The van der Waals surface area contributed by atoms with Crippen molar-refractivity contribution in [3.05, 3.63) is 34.1 Å². The van der Waals surface area contributed by atoms with Gasteiger partial charge in [0.15, 0.2) is 17.2 Å². The van der Waals surface area contributed by atoms with Gasteiger partial charge in [-0.15, -0.1) is 0 Å². The zero-order valence-corrected chi connectivity index (χ0v) is 13.2. The second-order valence-corrected chi connectivity index (χ2v) is 5.48. The molecule has 0 radical (unpaired) electrons. The Labute approximate surface area is 130 Å². The SMILES string of the molecule is Cc1c(Br)c(C(=O)Nc2ccc3c(c2)OCCO3)nn1C. The predicted octanol–water partition coefficient (Wildman–Crippen LogP) is 2.51. The van der Waals surface area contributed by atoms with E-state index in [4.69, 9.17) is 9.47 Å². The Morgan fingerprint density at radius 2 is 2.05 bits per heavy atom. The molecule has 0 unspecified atom stereocenters. The smallest absolute Gasteiger partial charge is 0.277 e. The minimum atomic E-state index is -0.276. The first-order chi connectivity index (χ1) is 10.1. The lowest BCUT2D eigenvalue weighted by Crippen LogP contribution is -2.17. The molecule has 110 valence electrons. The van der Waals surface area contributed by atoms with E-state index in [1.165, 1.54) is 0 Å². The number of aromatic nitrogens is 2. The van der Waals surface area contributed by atoms with Gasteiger partial charge in [-0.25, -0.2) is 0 Å². The number of nitrogens with zero attached hydrogens (tertiary/aromatic N) is 2. The molecule has 1 N–H and O–H groups in total. The molecule has 7 heteroatoms. The molecule has 0 aliphatic carbocycles. The molecule has 0 atom stereocenters. The predicted molar refractivity (Wildman–Crippen MR) is 81.0 cm³/mol. The van der Waals surface area contributed by atoms with Crippen molar-refractivity contribution in [2.24, 2.45) is 7.05 Å². The van der Waals surface area contributed by atoms with E-state index in [1.54, 1.807) is 29.9 Å². The fourth-order valence-electron chi connectivity index (χ4n) is 2.04. The second-order valence-electron chi connectivity index (χ2n) is 4.68. The van der Waals surface area contributed by atoms with E-state index in [0.717, 1.165) is 5.69 Å². The first-order valence-corrected chi connectivity index (χ1v) is 7.25. The molecule has 1 aromatic heterocycles. The van der Waals surface area contributed by atoms with Crippen LogP contribution >= 0.6 is 15.9 Å². The van der Waals surface area contributed by atoms with Crippen LogP contribution in [0.5, 0.6) is 11.5 Å². The fraction of sp³-hybridized carbons (Fsp3) is 0.286. The molecule has 1 aromatic carbocycles. The summed E-state index contributed by atoms with van der Waals surface area (Å²) in [6, 6.07) is 5.30. The Hall–Kier alpha value is -2.02. The zero-order valence-electron chi connectivity index (χ0n) is 11.6. The third-order valence-corrected chi connectivity index (χ3v) is 4.23. The topological polar surface area (TPSA) is 65.4 Å². The van der Waals surface area contributed by atoms with E-state index in [1.807, 2.05) is 6.92 Å². The van der Waals surface area contributed by atoms with Crippen LogP contribution in [0.15, 0.2) is 22.7 Å². The summed E-state index contributed by atoms with van der Waals surface area (Å²) in [4.78, 5) is 12.3. The summed E-state index contributed by atoms with van der Waals surface area (Å²) in [5.74, 6) is 1.05. The lowest BCUT2D eigenvalue weighted by Gasteiger charge is -2.18. The maximum absolute atomic E-state index is 12.3. The van der Waals surface area contributed by atoms with Gasteiger partial charge in [0.1, 0.15) is 13.2 Å². The number of carbonyl (C=O) groups is 1. The highest BCUT2D eigenvalue weighted by molar-refractivity contribution is 9.10. The molecule has 3 rings (SSSR count). The van der Waals surface area contributed by atoms with Gasteiger partial charge < -0.3 is 14.8 Å². The summed E-state index contributed by atoms with van der Waals surface area (Å²) in [5, 5.41) is 7.00. The zero-order chi connectivity index (χ0) is 15.0. The minimum Gasteiger partial charge on any atom is -0.486 e. The van der Waals surface area contributed by atoms with Crippen LogP contribution in [0.2, 0.25) is 0 Å². The van der Waals surface area contributed by atoms with Crippen LogP contribution in [0.1, 0.15) is 16.2 Å². The van der Waals surface area contributed by atoms with Crippen molar-refractivity contribution in [2.45, 2.75) is 6.92 Å². The van der Waals surface area contributed by atoms with Crippen LogP contribution < -0.4 is 14.8 Å². The largest absolute Gasteiger partial charge is 0.486 e. The normalized spacial score (nSPS) is 13.1. The van der Waals surface area contributed by atoms with Gasteiger partial charge in [0.2, 0.25) is 0 Å². The summed E-state index contributed by atoms with van der Waals surface area (Å²) in [7, 11) is 1.79. The fourth-order valence-corrected chi connectivity index (χ4v) is 2.55. The molecule has 0 bridgehead atoms. The summed E-state index contributed by atoms with van der Waals surface area (Å²) < 4.78 is 13.3. The number of hydrogen-bond donors (Lipinski definition) is 1. The number of carbonyl (C=O) groups excluding carboxylic acids is 1. The van der Waals surface area contributed by atoms with Crippen molar-refractivity contribution in [3.63, 3.8) is 0 Å². The van der Waals surface area contributed by atoms with Crippen molar-refractivity contribution in [1.29, 1.82) is 0 Å². The van der Waals surface area contributed by atoms with Gasteiger partial charge in [0, 0.05) is 18.8 Å². The Balaban J connectivity index is 1.83. The maximum atomic E-state index is 12.3. The van der Waals surface area contributed by atoms with Gasteiger partial charge in [-0.1, -0.05) is 0 Å². The summed E-state index contributed by atoms with van der Waals surface area (Å²) >= 11 is 3.39. The van der Waals surface area contributed by atoms with Crippen LogP contribution in [0.25, 0.3) is 0 Å². The minimum absolute atomic E-state index is 0.276. The molecule has 2 aromatic rings. The highest BCUT2D eigenvalue weighted by atomic mass is 79.9. The second kappa shape index (κ2) is 5.40. The first kappa shape index (κ1) is 13.9. The van der Waals surface area contributed by atoms with Crippen LogP contribution in [0, 0.1) is 6.92 Å². The Morgan fingerprint density at radius 1 is 1.33 bits per heavy atom. The van der Waals surface area contributed by atoms with Gasteiger partial charge in [0.25, 0.3) is 5.91 Å². The van der Waals surface area contributed by atoms with E-state index in [9.17, 15) is 4.79 Å². The van der Waals surface area contributed by atoms with Crippen molar-refractivity contribution in [1.82, 2.24) is 9.78 Å². The average Bonchev–Trinajstić information content (AvgIpc) is 2.75. The van der Waals surface area contributed by atoms with Crippen LogP contribution in [-0.4, -0.2) is 28.9 Å². The quantitative estimate of drug-likeness (QED) is 0.902.